The fourth-order valence-electron chi connectivity index (χ4n) is 4.43. The number of amides is 1. The van der Waals surface area contributed by atoms with E-state index in [0.29, 0.717) is 30.3 Å². The van der Waals surface area contributed by atoms with E-state index < -0.39 is 6.04 Å². The van der Waals surface area contributed by atoms with E-state index in [4.69, 9.17) is 9.47 Å². The molecule has 28 heavy (non-hydrogen) atoms. The number of ether oxygens (including phenoxy) is 2. The first-order chi connectivity index (χ1) is 13.7. The van der Waals surface area contributed by atoms with Gasteiger partial charge in [0.2, 0.25) is 0 Å². The summed E-state index contributed by atoms with van der Waals surface area (Å²) in [7, 11) is 1.39. The zero-order valence-electron chi connectivity index (χ0n) is 15.9. The number of fused-ring (bicyclic) bond motifs is 1. The van der Waals surface area contributed by atoms with Crippen LogP contribution in [0.3, 0.4) is 0 Å². The molecule has 2 aromatic rings. The third-order valence-corrected chi connectivity index (χ3v) is 6.38. The van der Waals surface area contributed by atoms with Crippen LogP contribution in [-0.2, 0) is 16.1 Å². The van der Waals surface area contributed by atoms with Crippen molar-refractivity contribution in [2.24, 2.45) is 5.92 Å². The Hall–Kier alpha value is -2.41. The lowest BCUT2D eigenvalue weighted by atomic mass is 9.84. The second kappa shape index (κ2) is 8.31. The molecular formula is C21H24N2O4S. The summed E-state index contributed by atoms with van der Waals surface area (Å²) in [5.41, 5.74) is 3.16. The molecular weight excluding hydrogens is 376 g/mol. The molecule has 3 atom stereocenters. The van der Waals surface area contributed by atoms with Crippen LogP contribution in [0.15, 0.2) is 35.2 Å². The summed E-state index contributed by atoms with van der Waals surface area (Å²) in [6.45, 7) is 0.361. The van der Waals surface area contributed by atoms with Gasteiger partial charge in [0.15, 0.2) is 0 Å². The van der Waals surface area contributed by atoms with E-state index in [-0.39, 0.29) is 17.9 Å². The van der Waals surface area contributed by atoms with Gasteiger partial charge >= 0.3 is 5.97 Å². The molecule has 7 heteroatoms. The average molecular weight is 401 g/mol. The van der Waals surface area contributed by atoms with Crippen LogP contribution in [0.1, 0.15) is 48.2 Å². The normalized spacial score (nSPS) is 23.9. The Balaban J connectivity index is 1.54. The number of carbonyl (C=O) groups is 2. The van der Waals surface area contributed by atoms with Crippen molar-refractivity contribution in [3.05, 3.63) is 46.4 Å². The van der Waals surface area contributed by atoms with Gasteiger partial charge in [-0.15, -0.1) is 11.3 Å². The van der Waals surface area contributed by atoms with Crippen molar-refractivity contribution in [3.63, 3.8) is 0 Å². The number of thiazole rings is 1. The van der Waals surface area contributed by atoms with Gasteiger partial charge in [-0.3, -0.25) is 4.79 Å². The molecule has 4 rings (SSSR count). The molecule has 1 aromatic heterocycles. The lowest BCUT2D eigenvalue weighted by Crippen LogP contribution is -2.46. The summed E-state index contributed by atoms with van der Waals surface area (Å²) in [5.74, 6) is 0.557. The zero-order valence-corrected chi connectivity index (χ0v) is 16.7. The van der Waals surface area contributed by atoms with Crippen LogP contribution in [-0.4, -0.2) is 41.0 Å². The molecule has 2 fully saturated rings. The van der Waals surface area contributed by atoms with E-state index in [0.717, 1.165) is 31.4 Å². The fraction of sp³-hybridized carbons (Fsp3) is 0.476. The van der Waals surface area contributed by atoms with Gasteiger partial charge < -0.3 is 14.4 Å². The molecule has 1 aliphatic carbocycles. The first-order valence-electron chi connectivity index (χ1n) is 9.68. The molecule has 0 radical (unpaired) electrons. The van der Waals surface area contributed by atoms with E-state index in [2.05, 4.69) is 4.98 Å². The summed E-state index contributed by atoms with van der Waals surface area (Å²) < 4.78 is 10.8. The van der Waals surface area contributed by atoms with Crippen molar-refractivity contribution in [2.75, 3.05) is 7.11 Å². The number of aromatic nitrogens is 1. The Morgan fingerprint density at radius 2 is 2.14 bits per heavy atom. The summed E-state index contributed by atoms with van der Waals surface area (Å²) in [4.78, 5) is 31.7. The van der Waals surface area contributed by atoms with Gasteiger partial charge in [0, 0.05) is 17.0 Å². The summed E-state index contributed by atoms with van der Waals surface area (Å²) in [6, 6.07) is 6.79. The predicted octanol–water partition coefficient (Wildman–Crippen LogP) is 3.67. The second-order valence-electron chi connectivity index (χ2n) is 7.40. The average Bonchev–Trinajstić information content (AvgIpc) is 3.39. The molecule has 1 saturated carbocycles. The number of benzene rings is 1. The Morgan fingerprint density at radius 3 is 2.93 bits per heavy atom. The number of rotatable bonds is 5. The minimum Gasteiger partial charge on any atom is -0.487 e. The van der Waals surface area contributed by atoms with Crippen LogP contribution in [0.25, 0.3) is 0 Å². The molecule has 1 amide bonds. The maximum Gasteiger partial charge on any atom is 0.328 e. The highest BCUT2D eigenvalue weighted by Gasteiger charge is 2.48. The first kappa shape index (κ1) is 18.9. The molecule has 6 nitrogen and oxygen atoms in total. The third kappa shape index (κ3) is 3.76. The van der Waals surface area contributed by atoms with Gasteiger partial charge in [0.1, 0.15) is 18.4 Å². The Labute approximate surface area is 168 Å². The minimum atomic E-state index is -0.495. The number of hydrogen-bond acceptors (Lipinski definition) is 6. The number of esters is 1. The van der Waals surface area contributed by atoms with Crippen LogP contribution >= 0.6 is 11.3 Å². The zero-order chi connectivity index (χ0) is 19.5. The molecule has 2 aliphatic rings. The summed E-state index contributed by atoms with van der Waals surface area (Å²) in [6.07, 6.45) is 4.97. The van der Waals surface area contributed by atoms with Crippen LogP contribution < -0.4 is 4.74 Å². The minimum absolute atomic E-state index is 0.116. The van der Waals surface area contributed by atoms with Crippen LogP contribution in [0.4, 0.5) is 0 Å². The SMILES string of the molecule is COC(=O)C1CC2CCCCC2N1C(=O)c1cccc(OCc2cscn2)c1. The maximum atomic E-state index is 13.4. The van der Waals surface area contributed by atoms with E-state index >= 15 is 0 Å². The second-order valence-corrected chi connectivity index (χ2v) is 8.11. The Bertz CT molecular complexity index is 839. The molecule has 1 saturated heterocycles. The van der Waals surface area contributed by atoms with E-state index in [1.807, 2.05) is 17.5 Å². The van der Waals surface area contributed by atoms with Crippen LogP contribution in [0.5, 0.6) is 5.75 Å². The Kier molecular flexibility index (Phi) is 5.62. The summed E-state index contributed by atoms with van der Waals surface area (Å²) in [5, 5.41) is 1.93. The fourth-order valence-corrected chi connectivity index (χ4v) is 4.98. The number of nitrogens with zero attached hydrogens (tertiary/aromatic N) is 2. The molecule has 1 aliphatic heterocycles. The number of methoxy groups -OCH3 is 1. The van der Waals surface area contributed by atoms with Gasteiger partial charge in [-0.2, -0.15) is 0 Å². The van der Waals surface area contributed by atoms with Crippen LogP contribution in [0, 0.1) is 5.92 Å². The summed E-state index contributed by atoms with van der Waals surface area (Å²) >= 11 is 1.52. The predicted molar refractivity (Wildman–Crippen MR) is 105 cm³/mol. The topological polar surface area (TPSA) is 68.7 Å². The smallest absolute Gasteiger partial charge is 0.328 e. The van der Waals surface area contributed by atoms with Crippen molar-refractivity contribution in [2.45, 2.75) is 50.8 Å². The molecule has 148 valence electrons. The van der Waals surface area contributed by atoms with Crippen molar-refractivity contribution in [3.8, 4) is 5.75 Å². The molecule has 3 unspecified atom stereocenters. The maximum absolute atomic E-state index is 13.4. The van der Waals surface area contributed by atoms with E-state index in [1.54, 1.807) is 22.5 Å². The molecule has 2 heterocycles. The first-order valence-corrected chi connectivity index (χ1v) is 10.6. The third-order valence-electron chi connectivity index (χ3n) is 5.75. The highest BCUT2D eigenvalue weighted by Crippen LogP contribution is 2.41. The molecule has 0 spiro atoms. The lowest BCUT2D eigenvalue weighted by Gasteiger charge is -2.33. The number of hydrogen-bond donors (Lipinski definition) is 0. The van der Waals surface area contributed by atoms with E-state index in [9.17, 15) is 9.59 Å². The largest absolute Gasteiger partial charge is 0.487 e. The monoisotopic (exact) mass is 400 g/mol. The standard InChI is InChI=1S/C21H24N2O4S/c1-26-21(25)19-10-14-5-2-3-8-18(14)23(19)20(24)15-6-4-7-17(9-15)27-11-16-12-28-13-22-16/h4,6-7,9,12-14,18-19H,2-3,5,8,10-11H2,1H3. The van der Waals surface area contributed by atoms with Crippen molar-refractivity contribution in [1.82, 2.24) is 9.88 Å². The van der Waals surface area contributed by atoms with Gasteiger partial charge in [-0.1, -0.05) is 18.9 Å². The van der Waals surface area contributed by atoms with Gasteiger partial charge in [0.25, 0.3) is 5.91 Å². The van der Waals surface area contributed by atoms with Gasteiger partial charge in [0.05, 0.1) is 18.3 Å². The molecule has 0 N–H and O–H groups in total. The van der Waals surface area contributed by atoms with Gasteiger partial charge in [-0.05, 0) is 43.4 Å². The van der Waals surface area contributed by atoms with Crippen molar-refractivity contribution < 1.29 is 19.1 Å². The van der Waals surface area contributed by atoms with Crippen molar-refractivity contribution >= 4 is 23.2 Å². The quantitative estimate of drug-likeness (QED) is 0.717. The number of carbonyl (C=O) groups excluding carboxylic acids is 2. The lowest BCUT2D eigenvalue weighted by molar-refractivity contribution is -0.145. The highest BCUT2D eigenvalue weighted by atomic mass is 32.1. The van der Waals surface area contributed by atoms with Crippen molar-refractivity contribution in [1.29, 1.82) is 0 Å². The molecule has 0 bridgehead atoms. The highest BCUT2D eigenvalue weighted by molar-refractivity contribution is 7.07. The van der Waals surface area contributed by atoms with Gasteiger partial charge in [-0.25, -0.2) is 9.78 Å². The van der Waals surface area contributed by atoms with E-state index in [1.165, 1.54) is 18.4 Å². The Morgan fingerprint density at radius 1 is 1.29 bits per heavy atom. The molecule has 1 aromatic carbocycles. The van der Waals surface area contributed by atoms with Crippen LogP contribution in [0.2, 0.25) is 0 Å². The number of likely N-dealkylation sites (tertiary alicyclic amines) is 1.